The predicted octanol–water partition coefficient (Wildman–Crippen LogP) is 2.73. The van der Waals surface area contributed by atoms with Crippen LogP contribution in [-0.4, -0.2) is 23.3 Å². The first kappa shape index (κ1) is 14.1. The summed E-state index contributed by atoms with van der Waals surface area (Å²) in [7, 11) is 1.60. The molecule has 1 aliphatic carbocycles. The van der Waals surface area contributed by atoms with Crippen LogP contribution in [0.15, 0.2) is 36.5 Å². The van der Waals surface area contributed by atoms with Gasteiger partial charge in [-0.15, -0.1) is 0 Å². The summed E-state index contributed by atoms with van der Waals surface area (Å²) >= 11 is 0. The minimum Gasteiger partial charge on any atom is -0.481 e. The summed E-state index contributed by atoms with van der Waals surface area (Å²) < 4.78 is 5.04. The second kappa shape index (κ2) is 6.27. The van der Waals surface area contributed by atoms with Crippen molar-refractivity contribution >= 4 is 0 Å². The van der Waals surface area contributed by atoms with Crippen LogP contribution in [0.4, 0.5) is 0 Å². The van der Waals surface area contributed by atoms with Gasteiger partial charge in [-0.2, -0.15) is 0 Å². The van der Waals surface area contributed by atoms with Crippen LogP contribution in [0, 0.1) is 0 Å². The number of hydrogen-bond donors (Lipinski definition) is 1. The van der Waals surface area contributed by atoms with Gasteiger partial charge in [-0.1, -0.05) is 24.3 Å². The van der Waals surface area contributed by atoms with Crippen molar-refractivity contribution in [3.8, 4) is 5.88 Å². The number of rotatable bonds is 5. The van der Waals surface area contributed by atoms with E-state index in [2.05, 4.69) is 23.2 Å². The van der Waals surface area contributed by atoms with Crippen LogP contribution in [0.1, 0.15) is 28.7 Å². The minimum atomic E-state index is -0.375. The van der Waals surface area contributed by atoms with Crippen LogP contribution in [-0.2, 0) is 25.7 Å². The molecule has 0 bridgehead atoms. The Bertz CT molecular complexity index is 607. The van der Waals surface area contributed by atoms with Gasteiger partial charge in [0.05, 0.1) is 13.2 Å². The molecular formula is C18H21NO2. The maximum absolute atomic E-state index is 10.3. The summed E-state index contributed by atoms with van der Waals surface area (Å²) in [6.07, 6.45) is 6.36. The van der Waals surface area contributed by atoms with Gasteiger partial charge in [-0.05, 0) is 47.9 Å². The number of fused-ring (bicyclic) bond motifs is 1. The molecule has 3 nitrogen and oxygen atoms in total. The summed E-state index contributed by atoms with van der Waals surface area (Å²) in [4.78, 5) is 4.17. The lowest BCUT2D eigenvalue weighted by molar-refractivity contribution is 0.175. The summed E-state index contributed by atoms with van der Waals surface area (Å²) in [5.41, 5.74) is 5.20. The molecule has 0 amide bonds. The van der Waals surface area contributed by atoms with Gasteiger partial charge in [-0.3, -0.25) is 0 Å². The summed E-state index contributed by atoms with van der Waals surface area (Å²) in [6.45, 7) is 0. The van der Waals surface area contributed by atoms with Gasteiger partial charge in [0.25, 0.3) is 0 Å². The Morgan fingerprint density at radius 1 is 1.10 bits per heavy atom. The molecule has 21 heavy (non-hydrogen) atoms. The lowest BCUT2D eigenvalue weighted by atomic mass is 9.99. The van der Waals surface area contributed by atoms with Crippen molar-refractivity contribution in [3.05, 3.63) is 58.8 Å². The van der Waals surface area contributed by atoms with Crippen molar-refractivity contribution in [2.45, 2.75) is 38.2 Å². The Balaban J connectivity index is 1.61. The average Bonchev–Trinajstić information content (AvgIpc) is 2.95. The first-order valence-corrected chi connectivity index (χ1v) is 7.52. The number of nitrogens with zero attached hydrogens (tertiary/aromatic N) is 1. The fourth-order valence-corrected chi connectivity index (χ4v) is 3.02. The fourth-order valence-electron chi connectivity index (χ4n) is 3.02. The highest BCUT2D eigenvalue weighted by Gasteiger charge is 2.13. The van der Waals surface area contributed by atoms with E-state index in [1.807, 2.05) is 12.1 Å². The van der Waals surface area contributed by atoms with Gasteiger partial charge in [-0.25, -0.2) is 4.98 Å². The van der Waals surface area contributed by atoms with Gasteiger partial charge in [0.2, 0.25) is 5.88 Å². The zero-order valence-electron chi connectivity index (χ0n) is 12.4. The van der Waals surface area contributed by atoms with Gasteiger partial charge < -0.3 is 9.84 Å². The molecule has 2 aromatic rings. The number of aliphatic hydroxyl groups excluding tert-OH is 1. The first-order valence-electron chi connectivity index (χ1n) is 7.52. The van der Waals surface area contributed by atoms with Crippen LogP contribution in [0.25, 0.3) is 0 Å². The minimum absolute atomic E-state index is 0.375. The molecule has 0 aliphatic heterocycles. The Morgan fingerprint density at radius 3 is 2.62 bits per heavy atom. The van der Waals surface area contributed by atoms with Gasteiger partial charge >= 0.3 is 0 Å². The number of aliphatic hydroxyl groups is 1. The first-order chi connectivity index (χ1) is 10.2. The Kier molecular flexibility index (Phi) is 4.20. The fraction of sp³-hybridized carbons (Fsp3) is 0.389. The molecule has 3 rings (SSSR count). The largest absolute Gasteiger partial charge is 0.481 e. The standard InChI is InChI=1S/C18H21NO2/c1-21-18-8-6-14(12-19-18)11-17(20)10-13-5-7-15-3-2-4-16(15)9-13/h5-9,12,17,20H,2-4,10-11H2,1H3. The van der Waals surface area contributed by atoms with Crippen molar-refractivity contribution < 1.29 is 9.84 Å². The normalized spacial score (nSPS) is 14.8. The molecule has 0 spiro atoms. The highest BCUT2D eigenvalue weighted by atomic mass is 16.5. The highest BCUT2D eigenvalue weighted by Crippen LogP contribution is 2.23. The van der Waals surface area contributed by atoms with E-state index in [0.29, 0.717) is 18.7 Å². The smallest absolute Gasteiger partial charge is 0.212 e. The number of aryl methyl sites for hydroxylation is 2. The monoisotopic (exact) mass is 283 g/mol. The van der Waals surface area contributed by atoms with E-state index in [0.717, 1.165) is 5.56 Å². The van der Waals surface area contributed by atoms with Crippen LogP contribution in [0.2, 0.25) is 0 Å². The van der Waals surface area contributed by atoms with Crippen molar-refractivity contribution in [1.82, 2.24) is 4.98 Å². The second-order valence-corrected chi connectivity index (χ2v) is 5.73. The zero-order chi connectivity index (χ0) is 14.7. The molecule has 1 aromatic heterocycles. The number of hydrogen-bond acceptors (Lipinski definition) is 3. The number of aromatic nitrogens is 1. The van der Waals surface area contributed by atoms with Crippen molar-refractivity contribution in [3.63, 3.8) is 0 Å². The van der Waals surface area contributed by atoms with Gasteiger partial charge in [0.15, 0.2) is 0 Å². The van der Waals surface area contributed by atoms with E-state index in [9.17, 15) is 5.11 Å². The molecule has 1 N–H and O–H groups in total. The zero-order valence-corrected chi connectivity index (χ0v) is 12.4. The average molecular weight is 283 g/mol. The third-order valence-electron chi connectivity index (χ3n) is 4.11. The molecule has 1 aromatic carbocycles. The van der Waals surface area contributed by atoms with E-state index >= 15 is 0 Å². The predicted molar refractivity (Wildman–Crippen MR) is 82.7 cm³/mol. The summed E-state index contributed by atoms with van der Waals surface area (Å²) in [5.74, 6) is 0.604. The molecule has 0 radical (unpaired) electrons. The molecule has 1 aliphatic rings. The second-order valence-electron chi connectivity index (χ2n) is 5.73. The van der Waals surface area contributed by atoms with E-state index in [1.165, 1.54) is 36.0 Å². The van der Waals surface area contributed by atoms with E-state index in [-0.39, 0.29) is 6.10 Å². The maximum Gasteiger partial charge on any atom is 0.212 e. The quantitative estimate of drug-likeness (QED) is 0.917. The number of pyridine rings is 1. The summed E-state index contributed by atoms with van der Waals surface area (Å²) in [6, 6.07) is 10.4. The van der Waals surface area contributed by atoms with Gasteiger partial charge in [0, 0.05) is 18.7 Å². The van der Waals surface area contributed by atoms with Crippen LogP contribution in [0.5, 0.6) is 5.88 Å². The van der Waals surface area contributed by atoms with Crippen LogP contribution < -0.4 is 4.74 Å². The number of ether oxygens (including phenoxy) is 1. The SMILES string of the molecule is COc1ccc(CC(O)Cc2ccc3c(c2)CCC3)cn1. The Labute approximate surface area is 125 Å². The lowest BCUT2D eigenvalue weighted by Gasteiger charge is -2.12. The third-order valence-corrected chi connectivity index (χ3v) is 4.11. The molecule has 110 valence electrons. The molecule has 0 fully saturated rings. The molecule has 1 atom stereocenters. The topological polar surface area (TPSA) is 42.4 Å². The molecule has 0 saturated heterocycles. The molecule has 1 heterocycles. The highest BCUT2D eigenvalue weighted by molar-refractivity contribution is 5.35. The van der Waals surface area contributed by atoms with Crippen molar-refractivity contribution in [1.29, 1.82) is 0 Å². The number of methoxy groups -OCH3 is 1. The lowest BCUT2D eigenvalue weighted by Crippen LogP contribution is -2.14. The summed E-state index contributed by atoms with van der Waals surface area (Å²) in [5, 5.41) is 10.3. The maximum atomic E-state index is 10.3. The van der Waals surface area contributed by atoms with Crippen molar-refractivity contribution in [2.75, 3.05) is 7.11 Å². The van der Waals surface area contributed by atoms with Crippen molar-refractivity contribution in [2.24, 2.45) is 0 Å². The number of benzene rings is 1. The Hall–Kier alpha value is -1.87. The van der Waals surface area contributed by atoms with E-state index < -0.39 is 0 Å². The Morgan fingerprint density at radius 2 is 1.86 bits per heavy atom. The van der Waals surface area contributed by atoms with Gasteiger partial charge in [0.1, 0.15) is 0 Å². The van der Waals surface area contributed by atoms with Crippen LogP contribution in [0.3, 0.4) is 0 Å². The van der Waals surface area contributed by atoms with Crippen LogP contribution >= 0.6 is 0 Å². The molecule has 1 unspecified atom stereocenters. The molecular weight excluding hydrogens is 262 g/mol. The van der Waals surface area contributed by atoms with E-state index in [1.54, 1.807) is 13.3 Å². The molecule has 0 saturated carbocycles. The third kappa shape index (κ3) is 3.42. The van der Waals surface area contributed by atoms with E-state index in [4.69, 9.17) is 4.74 Å². The molecule has 3 heteroatoms.